The van der Waals surface area contributed by atoms with Gasteiger partial charge in [0.05, 0.1) is 12.2 Å². The fraction of sp³-hybridized carbons (Fsp3) is 0.375. The molecule has 0 saturated heterocycles. The largest absolute Gasteiger partial charge is 0.394 e. The van der Waals surface area contributed by atoms with E-state index < -0.39 is 24.3 Å². The lowest BCUT2D eigenvalue weighted by Gasteiger charge is -2.16. The standard InChI is InChI=1S/C8H8F4N2O/c9-7(10)8(11,12)4-14-2-1-6(15)5(13)3-14/h1-3,7H,4,13H2. The zero-order valence-electron chi connectivity index (χ0n) is 7.46. The van der Waals surface area contributed by atoms with Crippen LogP contribution in [0.3, 0.4) is 0 Å². The maximum absolute atomic E-state index is 12.6. The minimum absolute atomic E-state index is 0.262. The van der Waals surface area contributed by atoms with Gasteiger partial charge < -0.3 is 10.3 Å². The molecule has 0 radical (unpaired) electrons. The maximum atomic E-state index is 12.6. The predicted octanol–water partition coefficient (Wildman–Crippen LogP) is 1.33. The molecular formula is C8H8F4N2O. The number of pyridine rings is 1. The summed E-state index contributed by atoms with van der Waals surface area (Å²) in [5, 5.41) is 0. The number of anilines is 1. The van der Waals surface area contributed by atoms with E-state index >= 15 is 0 Å². The summed E-state index contributed by atoms with van der Waals surface area (Å²) in [4.78, 5) is 10.8. The van der Waals surface area contributed by atoms with E-state index in [9.17, 15) is 22.4 Å². The molecule has 15 heavy (non-hydrogen) atoms. The first kappa shape index (κ1) is 11.5. The normalized spacial score (nSPS) is 12.1. The van der Waals surface area contributed by atoms with Crippen LogP contribution in [-0.2, 0) is 6.54 Å². The topological polar surface area (TPSA) is 48.0 Å². The fourth-order valence-electron chi connectivity index (χ4n) is 0.956. The second kappa shape index (κ2) is 3.92. The second-order valence-corrected chi connectivity index (χ2v) is 3.00. The highest BCUT2D eigenvalue weighted by Crippen LogP contribution is 2.24. The van der Waals surface area contributed by atoms with Gasteiger partial charge in [0.25, 0.3) is 0 Å². The van der Waals surface area contributed by atoms with E-state index in [1.165, 1.54) is 0 Å². The van der Waals surface area contributed by atoms with Crippen LogP contribution in [0.25, 0.3) is 0 Å². The Morgan fingerprint density at radius 3 is 2.53 bits per heavy atom. The van der Waals surface area contributed by atoms with Gasteiger partial charge >= 0.3 is 12.3 Å². The van der Waals surface area contributed by atoms with Gasteiger partial charge in [0, 0.05) is 18.5 Å². The molecular weight excluding hydrogens is 216 g/mol. The van der Waals surface area contributed by atoms with Crippen molar-refractivity contribution in [2.75, 3.05) is 5.73 Å². The smallest absolute Gasteiger partial charge is 0.324 e. The number of rotatable bonds is 3. The lowest BCUT2D eigenvalue weighted by atomic mass is 10.3. The molecule has 84 valence electrons. The van der Waals surface area contributed by atoms with Crippen LogP contribution in [0.4, 0.5) is 23.2 Å². The molecule has 7 heteroatoms. The molecule has 2 N–H and O–H groups in total. The summed E-state index contributed by atoms with van der Waals surface area (Å²) >= 11 is 0. The first-order valence-electron chi connectivity index (χ1n) is 3.94. The molecule has 0 amide bonds. The van der Waals surface area contributed by atoms with E-state index in [0.717, 1.165) is 23.0 Å². The van der Waals surface area contributed by atoms with Crippen LogP contribution in [0, 0.1) is 0 Å². The minimum atomic E-state index is -4.14. The molecule has 1 aromatic heterocycles. The molecule has 0 aliphatic heterocycles. The van der Waals surface area contributed by atoms with Crippen molar-refractivity contribution in [2.45, 2.75) is 18.9 Å². The van der Waals surface area contributed by atoms with Gasteiger partial charge in [-0.15, -0.1) is 0 Å². The number of nitrogens with two attached hydrogens (primary N) is 1. The van der Waals surface area contributed by atoms with Crippen LogP contribution >= 0.6 is 0 Å². The van der Waals surface area contributed by atoms with Gasteiger partial charge in [0.15, 0.2) is 0 Å². The summed E-state index contributed by atoms with van der Waals surface area (Å²) in [5.41, 5.74) is 4.35. The van der Waals surface area contributed by atoms with Crippen molar-refractivity contribution in [3.63, 3.8) is 0 Å². The maximum Gasteiger partial charge on any atom is 0.324 e. The Morgan fingerprint density at radius 2 is 2.07 bits per heavy atom. The van der Waals surface area contributed by atoms with Crippen molar-refractivity contribution in [3.8, 4) is 0 Å². The number of nitrogen functional groups attached to an aromatic ring is 1. The van der Waals surface area contributed by atoms with Gasteiger partial charge in [0.2, 0.25) is 5.43 Å². The highest BCUT2D eigenvalue weighted by molar-refractivity contribution is 5.33. The third-order valence-electron chi connectivity index (χ3n) is 1.72. The summed E-state index contributed by atoms with van der Waals surface area (Å²) in [6, 6.07) is 0.941. The lowest BCUT2D eigenvalue weighted by Crippen LogP contribution is -2.32. The Kier molecular flexibility index (Phi) is 3.01. The van der Waals surface area contributed by atoms with Crippen molar-refractivity contribution < 1.29 is 17.6 Å². The summed E-state index contributed by atoms with van der Waals surface area (Å²) in [6.45, 7) is -1.21. The molecule has 0 saturated carbocycles. The molecule has 0 spiro atoms. The second-order valence-electron chi connectivity index (χ2n) is 3.00. The van der Waals surface area contributed by atoms with Crippen molar-refractivity contribution in [2.24, 2.45) is 0 Å². The first-order valence-corrected chi connectivity index (χ1v) is 3.94. The van der Waals surface area contributed by atoms with Crippen LogP contribution < -0.4 is 11.2 Å². The molecule has 0 aliphatic rings. The lowest BCUT2D eigenvalue weighted by molar-refractivity contribution is -0.137. The molecule has 0 atom stereocenters. The van der Waals surface area contributed by atoms with Gasteiger partial charge in [0.1, 0.15) is 0 Å². The van der Waals surface area contributed by atoms with Crippen LogP contribution in [0.15, 0.2) is 23.3 Å². The van der Waals surface area contributed by atoms with Crippen LogP contribution in [-0.4, -0.2) is 16.9 Å². The highest BCUT2D eigenvalue weighted by atomic mass is 19.3. The average Bonchev–Trinajstić information content (AvgIpc) is 2.10. The monoisotopic (exact) mass is 224 g/mol. The predicted molar refractivity (Wildman–Crippen MR) is 46.1 cm³/mol. The number of hydrogen-bond acceptors (Lipinski definition) is 2. The number of nitrogens with zero attached hydrogens (tertiary/aromatic N) is 1. The Hall–Kier alpha value is -1.53. The summed E-state index contributed by atoms with van der Waals surface area (Å²) in [7, 11) is 0. The van der Waals surface area contributed by atoms with Crippen LogP contribution in [0.1, 0.15) is 0 Å². The van der Waals surface area contributed by atoms with Crippen molar-refractivity contribution >= 4 is 5.69 Å². The number of hydrogen-bond donors (Lipinski definition) is 1. The molecule has 1 heterocycles. The molecule has 0 aliphatic carbocycles. The van der Waals surface area contributed by atoms with E-state index in [2.05, 4.69) is 0 Å². The van der Waals surface area contributed by atoms with Crippen molar-refractivity contribution in [1.82, 2.24) is 4.57 Å². The molecule has 3 nitrogen and oxygen atoms in total. The fourth-order valence-corrected chi connectivity index (χ4v) is 0.956. The number of halogens is 4. The third-order valence-corrected chi connectivity index (χ3v) is 1.72. The van der Waals surface area contributed by atoms with E-state index in [4.69, 9.17) is 5.73 Å². The quantitative estimate of drug-likeness (QED) is 0.787. The summed E-state index contributed by atoms with van der Waals surface area (Å²) in [5.74, 6) is -4.14. The van der Waals surface area contributed by atoms with Gasteiger partial charge in [-0.2, -0.15) is 8.78 Å². The van der Waals surface area contributed by atoms with Crippen molar-refractivity contribution in [3.05, 3.63) is 28.7 Å². The molecule has 0 fully saturated rings. The van der Waals surface area contributed by atoms with Crippen LogP contribution in [0.5, 0.6) is 0 Å². The molecule has 1 rings (SSSR count). The summed E-state index contributed by atoms with van der Waals surface area (Å²) in [6.07, 6.45) is -1.87. The SMILES string of the molecule is Nc1cn(CC(F)(F)C(F)F)ccc1=O. The minimum Gasteiger partial charge on any atom is -0.394 e. The van der Waals surface area contributed by atoms with E-state index in [0.29, 0.717) is 0 Å². The summed E-state index contributed by atoms with van der Waals surface area (Å²) < 4.78 is 49.5. The Labute approximate surface area is 82.1 Å². The van der Waals surface area contributed by atoms with Gasteiger partial charge in [-0.25, -0.2) is 8.78 Å². The average molecular weight is 224 g/mol. The highest BCUT2D eigenvalue weighted by Gasteiger charge is 2.40. The molecule has 1 aromatic rings. The Bertz CT molecular complexity index is 402. The van der Waals surface area contributed by atoms with E-state index in [1.54, 1.807) is 0 Å². The van der Waals surface area contributed by atoms with E-state index in [1.807, 2.05) is 0 Å². The molecule has 0 aromatic carbocycles. The first-order chi connectivity index (χ1) is 6.83. The molecule has 0 unspecified atom stereocenters. The Balaban J connectivity index is 2.91. The van der Waals surface area contributed by atoms with Gasteiger partial charge in [-0.3, -0.25) is 4.79 Å². The molecule has 0 bridgehead atoms. The number of alkyl halides is 4. The van der Waals surface area contributed by atoms with Gasteiger partial charge in [-0.1, -0.05) is 0 Å². The van der Waals surface area contributed by atoms with Crippen molar-refractivity contribution in [1.29, 1.82) is 0 Å². The van der Waals surface area contributed by atoms with Crippen LogP contribution in [0.2, 0.25) is 0 Å². The van der Waals surface area contributed by atoms with E-state index in [-0.39, 0.29) is 5.69 Å². The number of aromatic nitrogens is 1. The zero-order valence-corrected chi connectivity index (χ0v) is 7.46. The third kappa shape index (κ3) is 2.71. The van der Waals surface area contributed by atoms with Gasteiger partial charge in [-0.05, 0) is 0 Å². The zero-order chi connectivity index (χ0) is 11.6. The Morgan fingerprint density at radius 1 is 1.47 bits per heavy atom.